The molecule has 1 aromatic heterocycles. The molecule has 0 saturated carbocycles. The molecule has 0 N–H and O–H groups in total. The lowest BCUT2D eigenvalue weighted by atomic mass is 10.1. The molecule has 3 rings (SSSR count). The summed E-state index contributed by atoms with van der Waals surface area (Å²) in [6.45, 7) is 0. The van der Waals surface area contributed by atoms with Gasteiger partial charge in [0, 0.05) is 22.0 Å². The monoisotopic (exact) mass is 349 g/mol. The van der Waals surface area contributed by atoms with Gasteiger partial charge in [0.1, 0.15) is 0 Å². The van der Waals surface area contributed by atoms with Crippen LogP contribution in [0.4, 0.5) is 17.1 Å². The number of benzene rings is 2. The number of nitriles is 1. The lowest BCUT2D eigenvalue weighted by molar-refractivity contribution is 1.22. The molecular weight excluding hydrogens is 338 g/mol. The Morgan fingerprint density at radius 2 is 1.68 bits per heavy atom. The van der Waals surface area contributed by atoms with Crippen molar-refractivity contribution < 1.29 is 0 Å². The Morgan fingerprint density at radius 3 is 2.36 bits per heavy atom. The molecule has 0 aliphatic rings. The number of hydrogen-bond acceptors (Lipinski definition) is 3. The van der Waals surface area contributed by atoms with Crippen molar-refractivity contribution in [3.8, 4) is 6.07 Å². The lowest BCUT2D eigenvalue weighted by Crippen LogP contribution is -2.10. The smallest absolute Gasteiger partial charge is 0.0992 e. The van der Waals surface area contributed by atoms with E-state index in [2.05, 4.69) is 31.9 Å². The average molecular weight is 350 g/mol. The van der Waals surface area contributed by atoms with Crippen LogP contribution in [0.15, 0.2) is 77.5 Å². The molecule has 3 aromatic rings. The first kappa shape index (κ1) is 14.3. The summed E-state index contributed by atoms with van der Waals surface area (Å²) >= 11 is 3.47. The Balaban J connectivity index is 2.19. The number of anilines is 3. The van der Waals surface area contributed by atoms with Crippen LogP contribution in [0.1, 0.15) is 5.56 Å². The zero-order valence-electron chi connectivity index (χ0n) is 11.6. The summed E-state index contributed by atoms with van der Waals surface area (Å²) in [7, 11) is 0. The first-order valence-corrected chi connectivity index (χ1v) is 7.53. The zero-order chi connectivity index (χ0) is 15.4. The van der Waals surface area contributed by atoms with Gasteiger partial charge in [-0.25, -0.2) is 0 Å². The molecule has 0 aliphatic heterocycles. The first-order chi connectivity index (χ1) is 10.8. The van der Waals surface area contributed by atoms with Crippen LogP contribution >= 0.6 is 15.9 Å². The number of aromatic nitrogens is 1. The van der Waals surface area contributed by atoms with Crippen LogP contribution in [-0.4, -0.2) is 4.98 Å². The van der Waals surface area contributed by atoms with Crippen molar-refractivity contribution >= 4 is 33.0 Å². The van der Waals surface area contributed by atoms with E-state index in [1.165, 1.54) is 0 Å². The largest absolute Gasteiger partial charge is 0.309 e. The molecule has 0 radical (unpaired) electrons. The zero-order valence-corrected chi connectivity index (χ0v) is 13.2. The van der Waals surface area contributed by atoms with Crippen LogP contribution in [0.2, 0.25) is 0 Å². The number of pyridine rings is 1. The molecule has 3 nitrogen and oxygen atoms in total. The van der Waals surface area contributed by atoms with Gasteiger partial charge in [0.05, 0.1) is 23.5 Å². The summed E-state index contributed by atoms with van der Waals surface area (Å²) in [6.07, 6.45) is 3.55. The van der Waals surface area contributed by atoms with Gasteiger partial charge in [0.2, 0.25) is 0 Å². The van der Waals surface area contributed by atoms with E-state index in [0.717, 1.165) is 21.5 Å². The SMILES string of the molecule is N#Cc1cc(Br)cc(N(c2ccccc2)c2cccnc2)c1. The van der Waals surface area contributed by atoms with Gasteiger partial charge in [-0.3, -0.25) is 4.98 Å². The molecule has 4 heteroatoms. The Hall–Kier alpha value is -2.64. The molecule has 22 heavy (non-hydrogen) atoms. The van der Waals surface area contributed by atoms with Crippen LogP contribution in [-0.2, 0) is 0 Å². The van der Waals surface area contributed by atoms with E-state index in [-0.39, 0.29) is 0 Å². The Kier molecular flexibility index (Phi) is 4.17. The van der Waals surface area contributed by atoms with Crippen LogP contribution in [0.3, 0.4) is 0 Å². The third-order valence-electron chi connectivity index (χ3n) is 3.19. The predicted molar refractivity (Wildman–Crippen MR) is 91.3 cm³/mol. The van der Waals surface area contributed by atoms with E-state index in [1.807, 2.05) is 54.6 Å². The molecule has 0 bridgehead atoms. The van der Waals surface area contributed by atoms with Crippen molar-refractivity contribution in [3.05, 3.63) is 83.1 Å². The lowest BCUT2D eigenvalue weighted by Gasteiger charge is -2.25. The van der Waals surface area contributed by atoms with E-state index in [1.54, 1.807) is 18.5 Å². The molecule has 0 unspecified atom stereocenters. The van der Waals surface area contributed by atoms with Gasteiger partial charge in [-0.1, -0.05) is 34.1 Å². The minimum absolute atomic E-state index is 0.606. The number of halogens is 1. The molecular formula is C18H12BrN3. The van der Waals surface area contributed by atoms with Crippen LogP contribution in [0.5, 0.6) is 0 Å². The normalized spacial score (nSPS) is 10.0. The second kappa shape index (κ2) is 6.42. The molecule has 2 aromatic carbocycles. The third kappa shape index (κ3) is 3.00. The highest BCUT2D eigenvalue weighted by atomic mass is 79.9. The summed E-state index contributed by atoms with van der Waals surface area (Å²) in [5, 5.41) is 9.21. The second-order valence-electron chi connectivity index (χ2n) is 4.69. The van der Waals surface area contributed by atoms with Crippen molar-refractivity contribution in [2.24, 2.45) is 0 Å². The third-order valence-corrected chi connectivity index (χ3v) is 3.65. The fourth-order valence-electron chi connectivity index (χ4n) is 2.28. The highest BCUT2D eigenvalue weighted by molar-refractivity contribution is 9.10. The first-order valence-electron chi connectivity index (χ1n) is 6.74. The summed E-state index contributed by atoms with van der Waals surface area (Å²) in [6, 6.07) is 21.7. The van der Waals surface area contributed by atoms with Crippen molar-refractivity contribution in [2.75, 3.05) is 4.90 Å². The maximum absolute atomic E-state index is 9.21. The van der Waals surface area contributed by atoms with E-state index >= 15 is 0 Å². The minimum Gasteiger partial charge on any atom is -0.309 e. The molecule has 0 saturated heterocycles. The van der Waals surface area contributed by atoms with Crippen molar-refractivity contribution in [3.63, 3.8) is 0 Å². The summed E-state index contributed by atoms with van der Waals surface area (Å²) in [5.41, 5.74) is 3.47. The van der Waals surface area contributed by atoms with E-state index in [4.69, 9.17) is 0 Å². The topological polar surface area (TPSA) is 39.9 Å². The average Bonchev–Trinajstić information content (AvgIpc) is 2.56. The molecule has 106 valence electrons. The van der Waals surface area contributed by atoms with E-state index in [0.29, 0.717) is 5.56 Å². The highest BCUT2D eigenvalue weighted by Crippen LogP contribution is 2.35. The maximum atomic E-state index is 9.21. The van der Waals surface area contributed by atoms with Gasteiger partial charge in [-0.05, 0) is 42.5 Å². The number of hydrogen-bond donors (Lipinski definition) is 0. The number of rotatable bonds is 3. The van der Waals surface area contributed by atoms with Crippen molar-refractivity contribution in [2.45, 2.75) is 0 Å². The Bertz CT molecular complexity index is 771. The molecule has 0 aliphatic carbocycles. The Morgan fingerprint density at radius 1 is 0.909 bits per heavy atom. The summed E-state index contributed by atoms with van der Waals surface area (Å²) in [5.74, 6) is 0. The molecule has 0 amide bonds. The van der Waals surface area contributed by atoms with Crippen LogP contribution < -0.4 is 4.90 Å². The summed E-state index contributed by atoms with van der Waals surface area (Å²) in [4.78, 5) is 6.27. The molecule has 0 spiro atoms. The van der Waals surface area contributed by atoms with Crippen molar-refractivity contribution in [1.29, 1.82) is 5.26 Å². The Labute approximate surface area is 137 Å². The maximum Gasteiger partial charge on any atom is 0.0992 e. The van der Waals surface area contributed by atoms with Gasteiger partial charge in [0.15, 0.2) is 0 Å². The molecule has 0 atom stereocenters. The second-order valence-corrected chi connectivity index (χ2v) is 5.61. The van der Waals surface area contributed by atoms with Gasteiger partial charge >= 0.3 is 0 Å². The quantitative estimate of drug-likeness (QED) is 0.653. The number of nitrogens with zero attached hydrogens (tertiary/aromatic N) is 3. The van der Waals surface area contributed by atoms with E-state index in [9.17, 15) is 5.26 Å². The fourth-order valence-corrected chi connectivity index (χ4v) is 2.76. The summed E-state index contributed by atoms with van der Waals surface area (Å²) < 4.78 is 0.867. The van der Waals surface area contributed by atoms with Crippen molar-refractivity contribution in [1.82, 2.24) is 4.98 Å². The van der Waals surface area contributed by atoms with Crippen LogP contribution in [0.25, 0.3) is 0 Å². The van der Waals surface area contributed by atoms with Gasteiger partial charge in [-0.15, -0.1) is 0 Å². The molecule has 1 heterocycles. The van der Waals surface area contributed by atoms with Gasteiger partial charge in [-0.2, -0.15) is 5.26 Å². The number of para-hydroxylation sites is 1. The van der Waals surface area contributed by atoms with E-state index < -0.39 is 0 Å². The van der Waals surface area contributed by atoms with Gasteiger partial charge < -0.3 is 4.90 Å². The predicted octanol–water partition coefficient (Wildman–Crippen LogP) is 5.19. The molecule has 0 fully saturated rings. The van der Waals surface area contributed by atoms with Gasteiger partial charge in [0.25, 0.3) is 0 Å². The van der Waals surface area contributed by atoms with Crippen LogP contribution in [0, 0.1) is 11.3 Å². The highest BCUT2D eigenvalue weighted by Gasteiger charge is 2.13. The fraction of sp³-hybridized carbons (Fsp3) is 0. The standard InChI is InChI=1S/C18H12BrN3/c19-15-9-14(12-20)10-18(11-15)22(16-5-2-1-3-6-16)17-7-4-8-21-13-17/h1-11,13H. The minimum atomic E-state index is 0.606.